The van der Waals surface area contributed by atoms with Crippen LogP contribution in [0.3, 0.4) is 0 Å². The molecule has 1 rings (SSSR count). The van der Waals surface area contributed by atoms with E-state index in [-0.39, 0.29) is 12.3 Å². The fourth-order valence-corrected chi connectivity index (χ4v) is 1.42. The molecule has 5 N–H and O–H groups in total. The molecule has 0 bridgehead atoms. The van der Waals surface area contributed by atoms with Crippen molar-refractivity contribution >= 4 is 17.5 Å². The fourth-order valence-electron chi connectivity index (χ4n) is 1.42. The van der Waals surface area contributed by atoms with Gasteiger partial charge in [-0.15, -0.1) is 0 Å². The molecule has 0 radical (unpaired) electrons. The molecule has 0 spiro atoms. The zero-order valence-electron chi connectivity index (χ0n) is 9.61. The number of hydrogen-bond donors (Lipinski definition) is 3. The van der Waals surface area contributed by atoms with Crippen LogP contribution in [0.4, 0.5) is 5.69 Å². The first-order chi connectivity index (χ1) is 8.08. The highest BCUT2D eigenvalue weighted by molar-refractivity contribution is 5.78. The SMILES string of the molecule is NC(=O)CCNC(=O)CCc1cccc(N)c1. The van der Waals surface area contributed by atoms with Crippen molar-refractivity contribution < 1.29 is 9.59 Å². The van der Waals surface area contributed by atoms with E-state index in [9.17, 15) is 9.59 Å². The second kappa shape index (κ2) is 6.52. The molecule has 0 fully saturated rings. The number of amides is 2. The van der Waals surface area contributed by atoms with Crippen LogP contribution >= 0.6 is 0 Å². The van der Waals surface area contributed by atoms with Gasteiger partial charge in [-0.1, -0.05) is 12.1 Å². The van der Waals surface area contributed by atoms with Crippen molar-refractivity contribution in [1.82, 2.24) is 5.32 Å². The van der Waals surface area contributed by atoms with E-state index in [1.807, 2.05) is 18.2 Å². The Kier molecular flexibility index (Phi) is 5.00. The summed E-state index contributed by atoms with van der Waals surface area (Å²) in [7, 11) is 0. The third-order valence-electron chi connectivity index (χ3n) is 2.29. The van der Waals surface area contributed by atoms with Crippen LogP contribution < -0.4 is 16.8 Å². The lowest BCUT2D eigenvalue weighted by Gasteiger charge is -2.04. The fraction of sp³-hybridized carbons (Fsp3) is 0.333. The Labute approximate surface area is 100 Å². The Bertz CT molecular complexity index is 404. The molecule has 5 heteroatoms. The van der Waals surface area contributed by atoms with Crippen LogP contribution in [0.1, 0.15) is 18.4 Å². The summed E-state index contributed by atoms with van der Waals surface area (Å²) >= 11 is 0. The molecule has 1 aromatic rings. The Balaban J connectivity index is 2.26. The van der Waals surface area contributed by atoms with Crippen LogP contribution in [0.15, 0.2) is 24.3 Å². The van der Waals surface area contributed by atoms with E-state index in [1.165, 1.54) is 0 Å². The minimum atomic E-state index is -0.416. The van der Waals surface area contributed by atoms with E-state index in [0.29, 0.717) is 25.1 Å². The number of carbonyl (C=O) groups is 2. The summed E-state index contributed by atoms with van der Waals surface area (Å²) in [6.07, 6.45) is 1.18. The second-order valence-electron chi connectivity index (χ2n) is 3.81. The molecule has 17 heavy (non-hydrogen) atoms. The molecular weight excluding hydrogens is 218 g/mol. The maximum Gasteiger partial charge on any atom is 0.220 e. The van der Waals surface area contributed by atoms with E-state index in [2.05, 4.69) is 5.32 Å². The summed E-state index contributed by atoms with van der Waals surface area (Å²) in [5, 5.41) is 2.63. The number of aryl methyl sites for hydroxylation is 1. The standard InChI is InChI=1S/C12H17N3O2/c13-10-3-1-2-9(8-10)4-5-12(17)15-7-6-11(14)16/h1-3,8H,4-7,13H2,(H2,14,16)(H,15,17). The van der Waals surface area contributed by atoms with Crippen molar-refractivity contribution in [3.05, 3.63) is 29.8 Å². The predicted octanol–water partition coefficient (Wildman–Crippen LogP) is 0.193. The summed E-state index contributed by atoms with van der Waals surface area (Å²) in [6, 6.07) is 7.43. The van der Waals surface area contributed by atoms with Crippen molar-refractivity contribution in [3.8, 4) is 0 Å². The van der Waals surface area contributed by atoms with Gasteiger partial charge in [0.15, 0.2) is 0 Å². The predicted molar refractivity (Wildman–Crippen MR) is 66.0 cm³/mol. The lowest BCUT2D eigenvalue weighted by molar-refractivity contribution is -0.121. The molecule has 0 saturated carbocycles. The van der Waals surface area contributed by atoms with Gasteiger partial charge in [-0.25, -0.2) is 0 Å². The lowest BCUT2D eigenvalue weighted by Crippen LogP contribution is -2.27. The maximum absolute atomic E-state index is 11.4. The summed E-state index contributed by atoms with van der Waals surface area (Å²) in [4.78, 5) is 21.8. The van der Waals surface area contributed by atoms with Gasteiger partial charge in [-0.2, -0.15) is 0 Å². The van der Waals surface area contributed by atoms with Crippen LogP contribution in [-0.2, 0) is 16.0 Å². The zero-order valence-corrected chi connectivity index (χ0v) is 9.61. The molecule has 0 aliphatic carbocycles. The van der Waals surface area contributed by atoms with Gasteiger partial charge < -0.3 is 16.8 Å². The molecule has 0 heterocycles. The minimum Gasteiger partial charge on any atom is -0.399 e. The first kappa shape index (κ1) is 13.0. The smallest absolute Gasteiger partial charge is 0.220 e. The maximum atomic E-state index is 11.4. The summed E-state index contributed by atoms with van der Waals surface area (Å²) in [5.41, 5.74) is 12.3. The number of rotatable bonds is 6. The summed E-state index contributed by atoms with van der Waals surface area (Å²) in [6.45, 7) is 0.297. The van der Waals surface area contributed by atoms with Gasteiger partial charge in [0.2, 0.25) is 11.8 Å². The van der Waals surface area contributed by atoms with E-state index in [4.69, 9.17) is 11.5 Å². The zero-order chi connectivity index (χ0) is 12.7. The van der Waals surface area contributed by atoms with Crippen LogP contribution in [0.2, 0.25) is 0 Å². The average Bonchev–Trinajstić information content (AvgIpc) is 2.26. The molecule has 92 valence electrons. The van der Waals surface area contributed by atoms with E-state index in [0.717, 1.165) is 5.56 Å². The number of hydrogen-bond acceptors (Lipinski definition) is 3. The highest BCUT2D eigenvalue weighted by Crippen LogP contribution is 2.08. The van der Waals surface area contributed by atoms with E-state index in [1.54, 1.807) is 6.07 Å². The third-order valence-corrected chi connectivity index (χ3v) is 2.29. The molecule has 2 amide bonds. The van der Waals surface area contributed by atoms with Crippen molar-refractivity contribution in [1.29, 1.82) is 0 Å². The minimum absolute atomic E-state index is 0.0892. The molecule has 0 aliphatic rings. The Morgan fingerprint density at radius 2 is 2.00 bits per heavy atom. The number of anilines is 1. The van der Waals surface area contributed by atoms with Crippen molar-refractivity contribution in [3.63, 3.8) is 0 Å². The Morgan fingerprint density at radius 3 is 2.65 bits per heavy atom. The monoisotopic (exact) mass is 235 g/mol. The van der Waals surface area contributed by atoms with Crippen molar-refractivity contribution in [2.75, 3.05) is 12.3 Å². The van der Waals surface area contributed by atoms with E-state index >= 15 is 0 Å². The quantitative estimate of drug-likeness (QED) is 0.614. The second-order valence-corrected chi connectivity index (χ2v) is 3.81. The summed E-state index contributed by atoms with van der Waals surface area (Å²) < 4.78 is 0. The molecule has 0 aromatic heterocycles. The molecule has 0 unspecified atom stereocenters. The molecule has 0 atom stereocenters. The topological polar surface area (TPSA) is 98.2 Å². The number of benzene rings is 1. The normalized spacial score (nSPS) is 9.88. The number of nitrogens with two attached hydrogens (primary N) is 2. The molecule has 1 aromatic carbocycles. The van der Waals surface area contributed by atoms with Gasteiger partial charge in [0.25, 0.3) is 0 Å². The highest BCUT2D eigenvalue weighted by Gasteiger charge is 2.02. The van der Waals surface area contributed by atoms with Crippen molar-refractivity contribution in [2.45, 2.75) is 19.3 Å². The molecule has 5 nitrogen and oxygen atoms in total. The number of nitrogens with one attached hydrogen (secondary N) is 1. The van der Waals surface area contributed by atoms with Crippen LogP contribution in [0.25, 0.3) is 0 Å². The first-order valence-corrected chi connectivity index (χ1v) is 5.47. The van der Waals surface area contributed by atoms with Gasteiger partial charge in [0.1, 0.15) is 0 Å². The highest BCUT2D eigenvalue weighted by atomic mass is 16.2. The van der Waals surface area contributed by atoms with Gasteiger partial charge >= 0.3 is 0 Å². The molecule has 0 aliphatic heterocycles. The van der Waals surface area contributed by atoms with Gasteiger partial charge in [0, 0.05) is 25.1 Å². The number of primary amides is 1. The van der Waals surface area contributed by atoms with Crippen LogP contribution in [0.5, 0.6) is 0 Å². The number of nitrogen functional groups attached to an aromatic ring is 1. The summed E-state index contributed by atoms with van der Waals surface area (Å²) in [5.74, 6) is -0.505. The van der Waals surface area contributed by atoms with Crippen molar-refractivity contribution in [2.24, 2.45) is 5.73 Å². The van der Waals surface area contributed by atoms with Gasteiger partial charge in [-0.3, -0.25) is 9.59 Å². The number of carbonyl (C=O) groups excluding carboxylic acids is 2. The molecule has 0 saturated heterocycles. The van der Waals surface area contributed by atoms with Crippen LogP contribution in [0, 0.1) is 0 Å². The first-order valence-electron chi connectivity index (χ1n) is 5.47. The molecular formula is C12H17N3O2. The average molecular weight is 235 g/mol. The Morgan fingerprint density at radius 1 is 1.24 bits per heavy atom. The van der Waals surface area contributed by atoms with Gasteiger partial charge in [0.05, 0.1) is 0 Å². The largest absolute Gasteiger partial charge is 0.399 e. The van der Waals surface area contributed by atoms with Gasteiger partial charge in [-0.05, 0) is 24.1 Å². The lowest BCUT2D eigenvalue weighted by atomic mass is 10.1. The Hall–Kier alpha value is -2.04. The van der Waals surface area contributed by atoms with Crippen LogP contribution in [-0.4, -0.2) is 18.4 Å². The third kappa shape index (κ3) is 5.55. The van der Waals surface area contributed by atoms with E-state index < -0.39 is 5.91 Å².